The van der Waals surface area contributed by atoms with E-state index < -0.39 is 23.8 Å². The highest BCUT2D eigenvalue weighted by Gasteiger charge is 2.29. The molecule has 0 heterocycles. The van der Waals surface area contributed by atoms with Crippen molar-refractivity contribution in [2.75, 3.05) is 7.11 Å². The lowest BCUT2D eigenvalue weighted by Crippen LogP contribution is -2.26. The summed E-state index contributed by atoms with van der Waals surface area (Å²) >= 11 is 0. The third kappa shape index (κ3) is 13.5. The number of aryl methyl sites for hydroxylation is 1. The molecule has 0 radical (unpaired) electrons. The topological polar surface area (TPSA) is 69.9 Å². The average molecular weight is 991 g/mol. The number of phenolic OH excluding ortho intramolecular Hbond substituents is 3. The molecule has 0 saturated heterocycles. The van der Waals surface area contributed by atoms with Gasteiger partial charge in [0.25, 0.3) is 0 Å². The summed E-state index contributed by atoms with van der Waals surface area (Å²) in [5.74, 6) is 1.88. The van der Waals surface area contributed by atoms with Crippen LogP contribution >= 0.6 is 23.8 Å². The standard InChI is InChI=1S/C26H31OP.C19H17O2P.C19H17OP/c1-25(2,3)19-17-22(26(4,5)6)24(27)23(18-19)28(20-13-9-7-10-14-20)21-15-11-8-12-16-21;1-21-15-12-13-18(20)19(14-15)22(16-8-4-2-5-9-16)17-10-6-3-7-11-17;1-15-12-13-18(20)19(14-15)21(16-8-4-2-5-9-16)17-10-6-3-7-11-17/h7-18,27H,1-6H3;2-14,20H,1H3;2-14,20H,1H3. The van der Waals surface area contributed by atoms with Gasteiger partial charge in [-0.2, -0.15) is 0 Å². The molecule has 0 aliphatic carbocycles. The van der Waals surface area contributed by atoms with E-state index in [1.807, 2.05) is 72.8 Å². The van der Waals surface area contributed by atoms with E-state index in [-0.39, 0.29) is 10.8 Å². The first-order chi connectivity index (χ1) is 34.1. The number of aromatic hydroxyl groups is 3. The van der Waals surface area contributed by atoms with Crippen LogP contribution in [0.2, 0.25) is 0 Å². The third-order valence-corrected chi connectivity index (χ3v) is 19.3. The predicted molar refractivity (Wildman–Crippen MR) is 309 cm³/mol. The molecule has 3 N–H and O–H groups in total. The van der Waals surface area contributed by atoms with Gasteiger partial charge in [-0.3, -0.25) is 0 Å². The number of rotatable bonds is 10. The molecule has 360 valence electrons. The predicted octanol–water partition coefficient (Wildman–Crippen LogP) is 12.4. The molecule has 71 heavy (non-hydrogen) atoms. The Kier molecular flexibility index (Phi) is 17.7. The molecule has 0 atom stereocenters. The van der Waals surface area contributed by atoms with Gasteiger partial charge in [0.15, 0.2) is 0 Å². The molecule has 0 aliphatic rings. The summed E-state index contributed by atoms with van der Waals surface area (Å²) in [5, 5.41) is 42.5. The van der Waals surface area contributed by atoms with Crippen LogP contribution in [0.1, 0.15) is 58.2 Å². The van der Waals surface area contributed by atoms with Crippen molar-refractivity contribution in [2.24, 2.45) is 0 Å². The number of methoxy groups -OCH3 is 1. The summed E-state index contributed by atoms with van der Waals surface area (Å²) in [6.07, 6.45) is 0. The van der Waals surface area contributed by atoms with Crippen molar-refractivity contribution in [3.05, 3.63) is 247 Å². The van der Waals surface area contributed by atoms with E-state index >= 15 is 0 Å². The molecule has 0 unspecified atom stereocenters. The zero-order valence-corrected chi connectivity index (χ0v) is 44.7. The molecule has 7 heteroatoms. The van der Waals surface area contributed by atoms with Gasteiger partial charge in [-0.25, -0.2) is 0 Å². The summed E-state index contributed by atoms with van der Waals surface area (Å²) in [7, 11) is -0.753. The lowest BCUT2D eigenvalue weighted by atomic mass is 9.80. The number of hydrogen-bond acceptors (Lipinski definition) is 4. The monoisotopic (exact) mass is 990 g/mol. The van der Waals surface area contributed by atoms with Crippen LogP contribution in [0, 0.1) is 6.92 Å². The largest absolute Gasteiger partial charge is 0.507 e. The first kappa shape index (κ1) is 52.3. The number of ether oxygens (including phenoxy) is 1. The second-order valence-corrected chi connectivity index (χ2v) is 25.8. The normalized spacial score (nSPS) is 11.4. The van der Waals surface area contributed by atoms with E-state index in [9.17, 15) is 15.3 Å². The van der Waals surface area contributed by atoms with E-state index in [0.29, 0.717) is 17.2 Å². The van der Waals surface area contributed by atoms with Crippen molar-refractivity contribution in [3.63, 3.8) is 0 Å². The summed E-state index contributed by atoms with van der Waals surface area (Å²) in [6, 6.07) is 78.3. The molecule has 9 rings (SSSR count). The van der Waals surface area contributed by atoms with Crippen LogP contribution in [-0.2, 0) is 10.8 Å². The van der Waals surface area contributed by atoms with E-state index in [0.717, 1.165) is 27.2 Å². The van der Waals surface area contributed by atoms with Crippen LogP contribution in [0.15, 0.2) is 231 Å². The van der Waals surface area contributed by atoms with Crippen molar-refractivity contribution < 1.29 is 20.1 Å². The first-order valence-electron chi connectivity index (χ1n) is 23.9. The molecule has 0 amide bonds. The minimum Gasteiger partial charge on any atom is -0.507 e. The maximum atomic E-state index is 11.4. The highest BCUT2D eigenvalue weighted by atomic mass is 31.1. The van der Waals surface area contributed by atoms with Crippen LogP contribution in [0.5, 0.6) is 23.0 Å². The van der Waals surface area contributed by atoms with Crippen LogP contribution in [0.3, 0.4) is 0 Å². The lowest BCUT2D eigenvalue weighted by molar-refractivity contribution is 0.413. The second kappa shape index (κ2) is 24.1. The van der Waals surface area contributed by atoms with Gasteiger partial charge in [0, 0.05) is 21.5 Å². The quantitative estimate of drug-likeness (QED) is 0.119. The molecular formula is C64H65O4P3. The summed E-state index contributed by atoms with van der Waals surface area (Å²) in [5.41, 5.74) is 3.34. The first-order valence-corrected chi connectivity index (χ1v) is 27.9. The van der Waals surface area contributed by atoms with Crippen LogP contribution < -0.4 is 52.5 Å². The van der Waals surface area contributed by atoms with Crippen LogP contribution in [0.25, 0.3) is 0 Å². The Morgan fingerprint density at radius 1 is 0.352 bits per heavy atom. The smallest absolute Gasteiger partial charge is 0.127 e. The Labute approximate surface area is 426 Å². The molecule has 9 aromatic rings. The fraction of sp³-hybridized carbons (Fsp3) is 0.156. The Bertz CT molecular complexity index is 2950. The Morgan fingerprint density at radius 2 is 0.676 bits per heavy atom. The molecular weight excluding hydrogens is 926 g/mol. The van der Waals surface area contributed by atoms with Crippen LogP contribution in [-0.4, -0.2) is 22.4 Å². The van der Waals surface area contributed by atoms with E-state index in [4.69, 9.17) is 4.74 Å². The van der Waals surface area contributed by atoms with Crippen molar-refractivity contribution in [1.82, 2.24) is 0 Å². The van der Waals surface area contributed by atoms with Crippen LogP contribution in [0.4, 0.5) is 0 Å². The Morgan fingerprint density at radius 3 is 1.00 bits per heavy atom. The number of benzene rings is 9. The molecule has 0 saturated carbocycles. The maximum Gasteiger partial charge on any atom is 0.127 e. The summed E-state index contributed by atoms with van der Waals surface area (Å²) in [6.45, 7) is 15.3. The molecule has 0 fully saturated rings. The van der Waals surface area contributed by atoms with E-state index in [1.54, 1.807) is 25.3 Å². The van der Waals surface area contributed by atoms with Gasteiger partial charge in [-0.05, 0) is 115 Å². The SMILES string of the molecule is CC(C)(C)c1cc(P(c2ccccc2)c2ccccc2)c(O)c(C(C)(C)C)c1.COc1ccc(O)c(P(c2ccccc2)c2ccccc2)c1.Cc1ccc(O)c(P(c2ccccc2)c2ccccc2)c1. The van der Waals surface area contributed by atoms with Crippen molar-refractivity contribution in [1.29, 1.82) is 0 Å². The van der Waals surface area contributed by atoms with Crippen molar-refractivity contribution in [2.45, 2.75) is 59.3 Å². The molecule has 0 aromatic heterocycles. The van der Waals surface area contributed by atoms with E-state index in [2.05, 4.69) is 188 Å². The fourth-order valence-corrected chi connectivity index (χ4v) is 15.3. The maximum absolute atomic E-state index is 11.4. The Balaban J connectivity index is 0.000000159. The molecule has 9 aromatic carbocycles. The van der Waals surface area contributed by atoms with Gasteiger partial charge in [0.05, 0.1) is 7.11 Å². The van der Waals surface area contributed by atoms with Gasteiger partial charge < -0.3 is 20.1 Å². The van der Waals surface area contributed by atoms with Crippen molar-refractivity contribution >= 4 is 71.5 Å². The highest BCUT2D eigenvalue weighted by molar-refractivity contribution is 7.80. The van der Waals surface area contributed by atoms with Gasteiger partial charge >= 0.3 is 0 Å². The van der Waals surface area contributed by atoms with Gasteiger partial charge in [0.1, 0.15) is 23.0 Å². The zero-order valence-electron chi connectivity index (χ0n) is 42.0. The lowest BCUT2D eigenvalue weighted by Gasteiger charge is -2.30. The molecule has 0 bridgehead atoms. The summed E-state index contributed by atoms with van der Waals surface area (Å²) < 4.78 is 5.33. The van der Waals surface area contributed by atoms with Gasteiger partial charge in [-0.15, -0.1) is 0 Å². The average Bonchev–Trinajstić information content (AvgIpc) is 3.38. The zero-order chi connectivity index (χ0) is 50.5. The minimum atomic E-state index is -0.844. The van der Waals surface area contributed by atoms with Crippen molar-refractivity contribution in [3.8, 4) is 23.0 Å². The molecule has 4 nitrogen and oxygen atoms in total. The minimum absolute atomic E-state index is 0.0107. The third-order valence-electron chi connectivity index (χ3n) is 11.9. The summed E-state index contributed by atoms with van der Waals surface area (Å²) in [4.78, 5) is 0. The highest BCUT2D eigenvalue weighted by Crippen LogP contribution is 2.43. The van der Waals surface area contributed by atoms with Gasteiger partial charge in [0.2, 0.25) is 0 Å². The Hall–Kier alpha value is -6.53. The second-order valence-electron chi connectivity index (χ2n) is 19.3. The van der Waals surface area contributed by atoms with E-state index in [1.165, 1.54) is 43.0 Å². The van der Waals surface area contributed by atoms with Gasteiger partial charge in [-0.1, -0.05) is 241 Å². The fourth-order valence-electron chi connectivity index (χ4n) is 8.16. The number of phenols is 3. The molecule has 0 aliphatic heterocycles. The molecule has 0 spiro atoms. The number of hydrogen-bond donors (Lipinski definition) is 3.